The van der Waals surface area contributed by atoms with Gasteiger partial charge in [0, 0.05) is 18.2 Å². The fourth-order valence-corrected chi connectivity index (χ4v) is 1.72. The van der Waals surface area contributed by atoms with E-state index in [9.17, 15) is 20.0 Å². The molecule has 0 aliphatic heterocycles. The highest BCUT2D eigenvalue weighted by Crippen LogP contribution is 2.27. The first-order valence-electron chi connectivity index (χ1n) is 6.28. The average Bonchev–Trinajstić information content (AvgIpc) is 2.44. The Hall–Kier alpha value is -2.15. The van der Waals surface area contributed by atoms with Crippen molar-refractivity contribution >= 4 is 11.6 Å². The van der Waals surface area contributed by atoms with E-state index >= 15 is 0 Å². The van der Waals surface area contributed by atoms with Crippen LogP contribution in [0.3, 0.4) is 0 Å². The lowest BCUT2D eigenvalue weighted by atomic mass is 10.1. The third-order valence-electron chi connectivity index (χ3n) is 2.76. The molecule has 0 aliphatic carbocycles. The highest BCUT2D eigenvalue weighted by Gasteiger charge is 2.18. The van der Waals surface area contributed by atoms with Crippen LogP contribution in [-0.2, 0) is 0 Å². The van der Waals surface area contributed by atoms with Crippen LogP contribution < -0.4 is 10.1 Å². The molecule has 0 fully saturated rings. The van der Waals surface area contributed by atoms with Gasteiger partial charge in [-0.1, -0.05) is 13.3 Å². The molecular weight excluding hydrogens is 264 g/mol. The molecule has 0 radical (unpaired) electrons. The zero-order chi connectivity index (χ0) is 15.1. The third-order valence-corrected chi connectivity index (χ3v) is 2.76. The number of aliphatic hydroxyl groups excluding tert-OH is 1. The molecule has 2 N–H and O–H groups in total. The molecule has 1 rings (SSSR count). The predicted molar refractivity (Wildman–Crippen MR) is 72.9 cm³/mol. The van der Waals surface area contributed by atoms with Crippen molar-refractivity contribution in [2.75, 3.05) is 13.7 Å². The molecular formula is C13H18N2O5. The summed E-state index contributed by atoms with van der Waals surface area (Å²) in [5.41, 5.74) is -0.115. The second-order valence-corrected chi connectivity index (χ2v) is 4.30. The van der Waals surface area contributed by atoms with Crippen LogP contribution in [0.4, 0.5) is 5.69 Å². The molecule has 1 amide bonds. The second kappa shape index (κ2) is 7.44. The van der Waals surface area contributed by atoms with Crippen LogP contribution in [0.25, 0.3) is 0 Å². The van der Waals surface area contributed by atoms with E-state index in [1.54, 1.807) is 0 Å². The summed E-state index contributed by atoms with van der Waals surface area (Å²) in [7, 11) is 1.32. The molecule has 0 aromatic heterocycles. The molecule has 20 heavy (non-hydrogen) atoms. The maximum atomic E-state index is 11.8. The smallest absolute Gasteiger partial charge is 0.311 e. The maximum Gasteiger partial charge on any atom is 0.311 e. The van der Waals surface area contributed by atoms with Gasteiger partial charge in [-0.2, -0.15) is 0 Å². The van der Waals surface area contributed by atoms with Crippen LogP contribution in [0.5, 0.6) is 5.75 Å². The minimum atomic E-state index is -0.614. The zero-order valence-electron chi connectivity index (χ0n) is 11.5. The lowest BCUT2D eigenvalue weighted by Crippen LogP contribution is -2.32. The Balaban J connectivity index is 2.78. The largest absolute Gasteiger partial charge is 0.490 e. The van der Waals surface area contributed by atoms with E-state index in [0.717, 1.165) is 12.5 Å². The summed E-state index contributed by atoms with van der Waals surface area (Å²) in [6.45, 7) is 2.05. The van der Waals surface area contributed by atoms with Crippen molar-refractivity contribution in [3.8, 4) is 5.75 Å². The van der Waals surface area contributed by atoms with Gasteiger partial charge in [0.25, 0.3) is 5.91 Å². The molecule has 0 spiro atoms. The van der Waals surface area contributed by atoms with E-state index in [0.29, 0.717) is 6.42 Å². The number of nitrogens with one attached hydrogen (secondary N) is 1. The van der Waals surface area contributed by atoms with Crippen LogP contribution in [0, 0.1) is 10.1 Å². The van der Waals surface area contributed by atoms with E-state index < -0.39 is 16.9 Å². The molecule has 1 aromatic rings. The summed E-state index contributed by atoms with van der Waals surface area (Å²) in [6.07, 6.45) is 0.783. The number of nitrogens with zero attached hydrogens (tertiary/aromatic N) is 1. The van der Waals surface area contributed by atoms with E-state index in [-0.39, 0.29) is 23.5 Å². The van der Waals surface area contributed by atoms with Crippen molar-refractivity contribution in [1.82, 2.24) is 5.32 Å². The first-order valence-corrected chi connectivity index (χ1v) is 6.28. The van der Waals surface area contributed by atoms with Gasteiger partial charge < -0.3 is 15.2 Å². The number of hydrogen-bond donors (Lipinski definition) is 2. The number of hydrogen-bond acceptors (Lipinski definition) is 5. The molecule has 1 unspecified atom stereocenters. The van der Waals surface area contributed by atoms with Crippen LogP contribution in [0.15, 0.2) is 18.2 Å². The van der Waals surface area contributed by atoms with Crippen molar-refractivity contribution < 1.29 is 19.6 Å². The first kappa shape index (κ1) is 15.9. The second-order valence-electron chi connectivity index (χ2n) is 4.30. The van der Waals surface area contributed by atoms with Gasteiger partial charge >= 0.3 is 5.69 Å². The van der Waals surface area contributed by atoms with Gasteiger partial charge in [0.1, 0.15) is 0 Å². The fourth-order valence-electron chi connectivity index (χ4n) is 1.72. The maximum absolute atomic E-state index is 11.8. The molecule has 0 aliphatic rings. The lowest BCUT2D eigenvalue weighted by Gasteiger charge is -2.11. The summed E-state index contributed by atoms with van der Waals surface area (Å²) in [5.74, 6) is -0.372. The van der Waals surface area contributed by atoms with Crippen LogP contribution >= 0.6 is 0 Å². The van der Waals surface area contributed by atoms with Crippen molar-refractivity contribution in [3.05, 3.63) is 33.9 Å². The van der Waals surface area contributed by atoms with Crippen LogP contribution in [-0.4, -0.2) is 35.7 Å². The number of carbonyl (C=O) groups excluding carboxylic acids is 1. The van der Waals surface area contributed by atoms with E-state index in [1.165, 1.54) is 19.2 Å². The number of amides is 1. The number of methoxy groups -OCH3 is 1. The molecule has 110 valence electrons. The summed E-state index contributed by atoms with van der Waals surface area (Å²) in [6, 6.07) is 3.96. The van der Waals surface area contributed by atoms with Gasteiger partial charge in [0.05, 0.1) is 18.1 Å². The highest BCUT2D eigenvalue weighted by molar-refractivity contribution is 5.95. The van der Waals surface area contributed by atoms with Crippen molar-refractivity contribution in [1.29, 1.82) is 0 Å². The Morgan fingerprint density at radius 1 is 1.55 bits per heavy atom. The number of rotatable bonds is 7. The van der Waals surface area contributed by atoms with Gasteiger partial charge in [-0.05, 0) is 18.6 Å². The Morgan fingerprint density at radius 2 is 2.25 bits per heavy atom. The quantitative estimate of drug-likeness (QED) is 0.582. The first-order chi connectivity index (χ1) is 9.49. The van der Waals surface area contributed by atoms with Gasteiger partial charge in [0.15, 0.2) is 5.75 Å². The summed E-state index contributed by atoms with van der Waals surface area (Å²) in [5, 5.41) is 22.9. The van der Waals surface area contributed by atoms with Crippen molar-refractivity contribution in [2.45, 2.75) is 25.9 Å². The lowest BCUT2D eigenvalue weighted by molar-refractivity contribution is -0.385. The molecule has 1 atom stereocenters. The molecule has 7 nitrogen and oxygen atoms in total. The van der Waals surface area contributed by atoms with E-state index in [2.05, 4.69) is 5.32 Å². The predicted octanol–water partition coefficient (Wildman–Crippen LogP) is 1.49. The van der Waals surface area contributed by atoms with Gasteiger partial charge in [-0.25, -0.2) is 0 Å². The Morgan fingerprint density at radius 3 is 2.80 bits per heavy atom. The minimum Gasteiger partial charge on any atom is -0.490 e. The molecule has 0 heterocycles. The van der Waals surface area contributed by atoms with Gasteiger partial charge in [-0.15, -0.1) is 0 Å². The highest BCUT2D eigenvalue weighted by atomic mass is 16.6. The van der Waals surface area contributed by atoms with Gasteiger partial charge in [-0.3, -0.25) is 14.9 Å². The number of carbonyl (C=O) groups is 1. The third kappa shape index (κ3) is 4.20. The monoisotopic (exact) mass is 282 g/mol. The number of nitro benzene ring substituents is 1. The summed E-state index contributed by atoms with van der Waals surface area (Å²) >= 11 is 0. The molecule has 0 bridgehead atoms. The van der Waals surface area contributed by atoms with Gasteiger partial charge in [0.2, 0.25) is 0 Å². The molecule has 0 saturated heterocycles. The topological polar surface area (TPSA) is 102 Å². The van der Waals surface area contributed by atoms with Crippen LogP contribution in [0.2, 0.25) is 0 Å². The van der Waals surface area contributed by atoms with Crippen molar-refractivity contribution in [3.63, 3.8) is 0 Å². The number of nitro groups is 1. The number of ether oxygens (including phenoxy) is 1. The van der Waals surface area contributed by atoms with Crippen molar-refractivity contribution in [2.24, 2.45) is 0 Å². The molecule has 1 aromatic carbocycles. The molecule has 7 heteroatoms. The Kier molecular flexibility index (Phi) is 5.92. The molecule has 0 saturated carbocycles. The normalized spacial score (nSPS) is 11.8. The fraction of sp³-hybridized carbons (Fsp3) is 0.462. The summed E-state index contributed by atoms with van der Waals surface area (Å²) in [4.78, 5) is 22.1. The number of benzene rings is 1. The Labute approximate surface area is 116 Å². The standard InChI is InChI=1S/C13H18N2O5/c1-3-4-10(16)8-14-13(17)9-5-6-12(20-2)11(7-9)15(18)19/h5-7,10,16H,3-4,8H2,1-2H3,(H,14,17). The number of aliphatic hydroxyl groups is 1. The SMILES string of the molecule is CCCC(O)CNC(=O)c1ccc(OC)c([N+](=O)[O-])c1. The van der Waals surface area contributed by atoms with Crippen LogP contribution in [0.1, 0.15) is 30.1 Å². The Bertz CT molecular complexity index is 490. The van der Waals surface area contributed by atoms with E-state index in [4.69, 9.17) is 4.74 Å². The average molecular weight is 282 g/mol. The summed E-state index contributed by atoms with van der Waals surface area (Å²) < 4.78 is 4.86. The zero-order valence-corrected chi connectivity index (χ0v) is 11.5. The van der Waals surface area contributed by atoms with E-state index in [1.807, 2.05) is 6.92 Å². The minimum absolute atomic E-state index is 0.0950.